The number of furan rings is 1. The number of rotatable bonds is 6. The molecule has 0 unspecified atom stereocenters. The average molecular weight is 479 g/mol. The lowest BCUT2D eigenvalue weighted by molar-refractivity contribution is 0.0891. The van der Waals surface area contributed by atoms with Gasteiger partial charge in [-0.05, 0) is 69.0 Å². The number of aromatic nitrogens is 2. The lowest BCUT2D eigenvalue weighted by Gasteiger charge is -2.32. The van der Waals surface area contributed by atoms with Crippen LogP contribution in [-0.2, 0) is 6.54 Å². The summed E-state index contributed by atoms with van der Waals surface area (Å²) >= 11 is 5.97. The fourth-order valence-corrected chi connectivity index (χ4v) is 4.64. The van der Waals surface area contributed by atoms with Crippen LogP contribution >= 0.6 is 11.6 Å². The van der Waals surface area contributed by atoms with E-state index >= 15 is 0 Å². The Labute approximate surface area is 203 Å². The molecule has 2 aromatic carbocycles. The molecule has 0 saturated carbocycles. The van der Waals surface area contributed by atoms with E-state index in [1.807, 2.05) is 44.2 Å². The van der Waals surface area contributed by atoms with Gasteiger partial charge in [0, 0.05) is 29.1 Å². The molecule has 1 aliphatic heterocycles. The summed E-state index contributed by atoms with van der Waals surface area (Å²) in [5.41, 5.74) is 4.02. The summed E-state index contributed by atoms with van der Waals surface area (Å²) in [6, 6.07) is 14.0. The largest absolute Gasteiger partial charge is 0.452 e. The second-order valence-electron chi connectivity index (χ2n) is 8.99. The maximum absolute atomic E-state index is 12.6. The Morgan fingerprint density at radius 2 is 1.91 bits per heavy atom. The molecule has 0 bridgehead atoms. The molecule has 7 nitrogen and oxygen atoms in total. The van der Waals surface area contributed by atoms with Crippen molar-refractivity contribution in [2.24, 2.45) is 5.92 Å². The lowest BCUT2D eigenvalue weighted by atomic mass is 9.96. The fourth-order valence-electron chi connectivity index (χ4n) is 4.51. The van der Waals surface area contributed by atoms with Crippen molar-refractivity contribution in [3.63, 3.8) is 0 Å². The third-order valence-corrected chi connectivity index (χ3v) is 6.81. The zero-order chi connectivity index (χ0) is 23.7. The van der Waals surface area contributed by atoms with Crippen LogP contribution in [0.2, 0.25) is 5.02 Å². The predicted octanol–water partition coefficient (Wildman–Crippen LogP) is 5.40. The van der Waals surface area contributed by atoms with Crippen molar-refractivity contribution in [2.75, 3.05) is 19.6 Å². The molecule has 176 valence electrons. The Morgan fingerprint density at radius 1 is 1.15 bits per heavy atom. The summed E-state index contributed by atoms with van der Waals surface area (Å²) < 4.78 is 11.2. The molecule has 1 fully saturated rings. The number of hydrogen-bond acceptors (Lipinski definition) is 6. The minimum absolute atomic E-state index is 0.0493. The summed E-state index contributed by atoms with van der Waals surface area (Å²) in [5.74, 6) is 0.835. The molecule has 4 aromatic rings. The summed E-state index contributed by atoms with van der Waals surface area (Å²) in [7, 11) is 0. The highest BCUT2D eigenvalue weighted by atomic mass is 35.5. The van der Waals surface area contributed by atoms with Crippen molar-refractivity contribution in [1.82, 2.24) is 20.4 Å². The minimum atomic E-state index is -0.354. The molecule has 0 spiro atoms. The molecule has 34 heavy (non-hydrogen) atoms. The first-order valence-corrected chi connectivity index (χ1v) is 11.9. The first-order chi connectivity index (χ1) is 16.5. The topological polar surface area (TPSA) is 84.4 Å². The molecule has 1 N–H and O–H groups in total. The maximum Gasteiger partial charge on any atom is 0.316 e. The number of carbonyl (C=O) groups excluding carboxylic acids is 1. The third-order valence-electron chi connectivity index (χ3n) is 6.56. The fraction of sp³-hybridized carbons (Fsp3) is 0.346. The van der Waals surface area contributed by atoms with Gasteiger partial charge in [-0.25, -0.2) is 0 Å². The van der Waals surface area contributed by atoms with Gasteiger partial charge in [-0.15, -0.1) is 0 Å². The van der Waals surface area contributed by atoms with Crippen molar-refractivity contribution in [3.05, 3.63) is 70.1 Å². The molecule has 1 amide bonds. The SMILES string of the molecule is Cc1c(-c2noc(C(=O)NCC3CCN(Cc4ccc(Cl)cc4)CC3)n2)oc2c(C)cccc12. The molecular formula is C26H27ClN4O3. The molecule has 0 radical (unpaired) electrons. The molecule has 0 aliphatic carbocycles. The quantitative estimate of drug-likeness (QED) is 0.399. The van der Waals surface area contributed by atoms with Crippen LogP contribution in [0.3, 0.4) is 0 Å². The maximum atomic E-state index is 12.6. The Balaban J connectivity index is 1.15. The van der Waals surface area contributed by atoms with Crippen LogP contribution in [0.5, 0.6) is 0 Å². The van der Waals surface area contributed by atoms with Crippen LogP contribution in [0.4, 0.5) is 0 Å². The molecule has 3 heterocycles. The third kappa shape index (κ3) is 4.72. The van der Waals surface area contributed by atoms with E-state index in [2.05, 4.69) is 32.5 Å². The van der Waals surface area contributed by atoms with Crippen LogP contribution in [0, 0.1) is 19.8 Å². The number of hydrogen-bond donors (Lipinski definition) is 1. The molecule has 0 atom stereocenters. The number of piperidine rings is 1. The summed E-state index contributed by atoms with van der Waals surface area (Å²) in [6.45, 7) is 7.45. The van der Waals surface area contributed by atoms with Crippen LogP contribution < -0.4 is 5.32 Å². The molecule has 5 rings (SSSR count). The number of para-hydroxylation sites is 1. The Kier molecular flexibility index (Phi) is 6.39. The van der Waals surface area contributed by atoms with Crippen LogP contribution in [0.1, 0.15) is 40.2 Å². The predicted molar refractivity (Wildman–Crippen MR) is 131 cm³/mol. The van der Waals surface area contributed by atoms with E-state index in [0.29, 0.717) is 18.2 Å². The van der Waals surface area contributed by atoms with Gasteiger partial charge in [0.25, 0.3) is 0 Å². The van der Waals surface area contributed by atoms with Crippen LogP contribution in [0.15, 0.2) is 51.4 Å². The Morgan fingerprint density at radius 3 is 2.65 bits per heavy atom. The summed E-state index contributed by atoms with van der Waals surface area (Å²) in [6.07, 6.45) is 2.06. The normalized spacial score (nSPS) is 15.1. The van der Waals surface area contributed by atoms with Crippen LogP contribution in [0.25, 0.3) is 22.6 Å². The highest BCUT2D eigenvalue weighted by Crippen LogP contribution is 2.33. The number of halogens is 1. The zero-order valence-corrected chi connectivity index (χ0v) is 20.1. The van der Waals surface area contributed by atoms with Crippen molar-refractivity contribution in [1.29, 1.82) is 0 Å². The first kappa shape index (κ1) is 22.6. The van der Waals surface area contributed by atoms with Crippen molar-refractivity contribution in [3.8, 4) is 11.6 Å². The van der Waals surface area contributed by atoms with Crippen LogP contribution in [-0.4, -0.2) is 40.6 Å². The number of aryl methyl sites for hydroxylation is 2. The van der Waals surface area contributed by atoms with E-state index in [1.54, 1.807) is 0 Å². The van der Waals surface area contributed by atoms with Gasteiger partial charge in [-0.2, -0.15) is 4.98 Å². The molecule has 1 aliphatic rings. The molecular weight excluding hydrogens is 452 g/mol. The highest BCUT2D eigenvalue weighted by molar-refractivity contribution is 6.30. The van der Waals surface area contributed by atoms with Gasteiger partial charge in [-0.3, -0.25) is 9.69 Å². The van der Waals surface area contributed by atoms with E-state index in [1.165, 1.54) is 5.56 Å². The van der Waals surface area contributed by atoms with E-state index < -0.39 is 0 Å². The van der Waals surface area contributed by atoms with Gasteiger partial charge in [-0.1, -0.05) is 47.1 Å². The van der Waals surface area contributed by atoms with Gasteiger partial charge in [0.1, 0.15) is 5.58 Å². The number of amides is 1. The number of nitrogens with zero attached hydrogens (tertiary/aromatic N) is 3. The molecule has 8 heteroatoms. The van der Waals surface area contributed by atoms with Gasteiger partial charge >= 0.3 is 11.8 Å². The van der Waals surface area contributed by atoms with Gasteiger partial charge in [0.15, 0.2) is 5.76 Å². The smallest absolute Gasteiger partial charge is 0.316 e. The van der Waals surface area contributed by atoms with Crippen molar-refractivity contribution >= 4 is 28.5 Å². The highest BCUT2D eigenvalue weighted by Gasteiger charge is 2.24. The van der Waals surface area contributed by atoms with Gasteiger partial charge in [0.2, 0.25) is 5.82 Å². The average Bonchev–Trinajstić information content (AvgIpc) is 3.46. The Hall–Kier alpha value is -3.16. The second-order valence-corrected chi connectivity index (χ2v) is 9.42. The lowest BCUT2D eigenvalue weighted by Crippen LogP contribution is -2.38. The van der Waals surface area contributed by atoms with Gasteiger partial charge in [0.05, 0.1) is 0 Å². The van der Waals surface area contributed by atoms with Crippen molar-refractivity contribution in [2.45, 2.75) is 33.2 Å². The number of likely N-dealkylation sites (tertiary alicyclic amines) is 1. The Bertz CT molecular complexity index is 1300. The summed E-state index contributed by atoms with van der Waals surface area (Å²) in [4.78, 5) is 19.3. The van der Waals surface area contributed by atoms with Gasteiger partial charge < -0.3 is 14.3 Å². The number of fused-ring (bicyclic) bond motifs is 1. The number of carbonyl (C=O) groups is 1. The van der Waals surface area contributed by atoms with E-state index in [4.69, 9.17) is 20.5 Å². The van der Waals surface area contributed by atoms with E-state index in [-0.39, 0.29) is 17.6 Å². The van der Waals surface area contributed by atoms with E-state index in [9.17, 15) is 4.79 Å². The van der Waals surface area contributed by atoms with E-state index in [0.717, 1.165) is 59.6 Å². The second kappa shape index (κ2) is 9.60. The monoisotopic (exact) mass is 478 g/mol. The van der Waals surface area contributed by atoms with Crippen molar-refractivity contribution < 1.29 is 13.7 Å². The first-order valence-electron chi connectivity index (χ1n) is 11.6. The number of nitrogens with one attached hydrogen (secondary N) is 1. The zero-order valence-electron chi connectivity index (χ0n) is 19.3. The molecule has 2 aromatic heterocycles. The summed E-state index contributed by atoms with van der Waals surface area (Å²) in [5, 5.41) is 8.71. The standard InChI is InChI=1S/C26H27ClN4O3/c1-16-4-3-5-21-17(2)23(33-22(16)21)24-29-26(34-30-24)25(32)28-14-18-10-12-31(13-11-18)15-19-6-8-20(27)9-7-19/h3-9,18H,10-15H2,1-2H3,(H,28,32). The number of benzene rings is 2. The minimum Gasteiger partial charge on any atom is -0.452 e. The molecule has 1 saturated heterocycles.